The van der Waals surface area contributed by atoms with Crippen molar-refractivity contribution < 1.29 is 4.79 Å². The number of carbonyl (C=O) groups is 1. The highest BCUT2D eigenvalue weighted by Crippen LogP contribution is 2.14. The Morgan fingerprint density at radius 1 is 1.44 bits per heavy atom. The van der Waals surface area contributed by atoms with Crippen molar-refractivity contribution in [1.82, 2.24) is 5.32 Å². The van der Waals surface area contributed by atoms with Crippen molar-refractivity contribution >= 4 is 11.6 Å². The van der Waals surface area contributed by atoms with Crippen LogP contribution < -0.4 is 10.6 Å². The van der Waals surface area contributed by atoms with E-state index in [-0.39, 0.29) is 5.91 Å². The smallest absolute Gasteiger partial charge is 0.239 e. The highest BCUT2D eigenvalue weighted by molar-refractivity contribution is 5.81. The lowest BCUT2D eigenvalue weighted by molar-refractivity contribution is -0.119. The topological polar surface area (TPSA) is 41.1 Å². The second-order valence-corrected chi connectivity index (χ2v) is 3.46. The Morgan fingerprint density at radius 3 is 2.88 bits per heavy atom. The minimum atomic E-state index is -0.0224. The van der Waals surface area contributed by atoms with Gasteiger partial charge in [-0.3, -0.25) is 4.79 Å². The van der Waals surface area contributed by atoms with Gasteiger partial charge in [-0.2, -0.15) is 0 Å². The molecule has 0 atom stereocenters. The lowest BCUT2D eigenvalue weighted by Crippen LogP contribution is -2.29. The highest BCUT2D eigenvalue weighted by atomic mass is 16.1. The van der Waals surface area contributed by atoms with Crippen molar-refractivity contribution in [2.45, 2.75) is 13.3 Å². The fourth-order valence-electron chi connectivity index (χ4n) is 1.43. The zero-order chi connectivity index (χ0) is 11.8. The number of rotatable bonds is 6. The molecule has 0 aliphatic heterocycles. The molecule has 0 radical (unpaired) electrons. The van der Waals surface area contributed by atoms with E-state index >= 15 is 0 Å². The van der Waals surface area contributed by atoms with E-state index in [1.54, 1.807) is 6.08 Å². The lowest BCUT2D eigenvalue weighted by Gasteiger charge is -2.10. The van der Waals surface area contributed by atoms with Gasteiger partial charge in [-0.15, -0.1) is 6.58 Å². The van der Waals surface area contributed by atoms with Crippen molar-refractivity contribution in [3.8, 4) is 0 Å². The van der Waals surface area contributed by atoms with Crippen LogP contribution in [-0.4, -0.2) is 19.0 Å². The maximum absolute atomic E-state index is 11.4. The molecule has 1 aromatic rings. The standard InChI is InChI=1S/C13H18N2O/c1-3-9-14-13(16)10-15-12-8-6-5-7-11(12)4-2/h3,5-8,15H,1,4,9-10H2,2H3,(H,14,16). The SMILES string of the molecule is C=CCNC(=O)CNc1ccccc1CC. The number of hydrogen-bond acceptors (Lipinski definition) is 2. The molecule has 0 saturated carbocycles. The highest BCUT2D eigenvalue weighted by Gasteiger charge is 2.02. The van der Waals surface area contributed by atoms with Crippen molar-refractivity contribution in [3.63, 3.8) is 0 Å². The molecule has 0 fully saturated rings. The monoisotopic (exact) mass is 218 g/mol. The van der Waals surface area contributed by atoms with Crippen LogP contribution in [0.15, 0.2) is 36.9 Å². The van der Waals surface area contributed by atoms with E-state index in [1.165, 1.54) is 5.56 Å². The first-order chi connectivity index (χ1) is 7.77. The molecular weight excluding hydrogens is 200 g/mol. The maximum Gasteiger partial charge on any atom is 0.239 e. The van der Waals surface area contributed by atoms with Gasteiger partial charge >= 0.3 is 0 Å². The summed E-state index contributed by atoms with van der Waals surface area (Å²) in [6.45, 7) is 6.45. The summed E-state index contributed by atoms with van der Waals surface area (Å²) in [5.74, 6) is -0.0224. The van der Waals surface area contributed by atoms with Crippen LogP contribution in [0.4, 0.5) is 5.69 Å². The first kappa shape index (κ1) is 12.3. The predicted molar refractivity (Wildman–Crippen MR) is 67.5 cm³/mol. The Kier molecular flexibility index (Phi) is 5.12. The van der Waals surface area contributed by atoms with Crippen molar-refractivity contribution in [1.29, 1.82) is 0 Å². The van der Waals surface area contributed by atoms with Gasteiger partial charge in [0, 0.05) is 12.2 Å². The van der Waals surface area contributed by atoms with Gasteiger partial charge in [0.1, 0.15) is 0 Å². The molecule has 1 aromatic carbocycles. The Labute approximate surface area is 96.6 Å². The average Bonchev–Trinajstić information content (AvgIpc) is 2.34. The summed E-state index contributed by atoms with van der Waals surface area (Å²) in [7, 11) is 0. The Hall–Kier alpha value is -1.77. The Bertz CT molecular complexity index is 361. The third-order valence-electron chi connectivity index (χ3n) is 2.28. The third-order valence-corrected chi connectivity index (χ3v) is 2.28. The summed E-state index contributed by atoms with van der Waals surface area (Å²) >= 11 is 0. The molecule has 3 nitrogen and oxygen atoms in total. The molecule has 0 unspecified atom stereocenters. The minimum absolute atomic E-state index is 0.0224. The lowest BCUT2D eigenvalue weighted by atomic mass is 10.1. The van der Waals surface area contributed by atoms with Crippen LogP contribution in [0.1, 0.15) is 12.5 Å². The molecule has 0 aromatic heterocycles. The van der Waals surface area contributed by atoms with E-state index in [9.17, 15) is 4.79 Å². The molecule has 0 saturated heterocycles. The van der Waals surface area contributed by atoms with Gasteiger partial charge in [0.15, 0.2) is 0 Å². The fourth-order valence-corrected chi connectivity index (χ4v) is 1.43. The number of aryl methyl sites for hydroxylation is 1. The second kappa shape index (κ2) is 6.67. The van der Waals surface area contributed by atoms with E-state index in [2.05, 4.69) is 30.2 Å². The van der Waals surface area contributed by atoms with E-state index in [4.69, 9.17) is 0 Å². The van der Waals surface area contributed by atoms with Crippen molar-refractivity contribution in [2.24, 2.45) is 0 Å². The summed E-state index contributed by atoms with van der Waals surface area (Å²) in [5, 5.41) is 5.85. The number of nitrogens with one attached hydrogen (secondary N) is 2. The van der Waals surface area contributed by atoms with Crippen molar-refractivity contribution in [3.05, 3.63) is 42.5 Å². The third kappa shape index (κ3) is 3.77. The van der Waals surface area contributed by atoms with E-state index in [1.807, 2.05) is 18.2 Å². The van der Waals surface area contributed by atoms with Gasteiger partial charge in [0.2, 0.25) is 5.91 Å². The summed E-state index contributed by atoms with van der Waals surface area (Å²) in [6.07, 6.45) is 2.62. The quantitative estimate of drug-likeness (QED) is 0.717. The number of anilines is 1. The second-order valence-electron chi connectivity index (χ2n) is 3.46. The molecular formula is C13H18N2O. The van der Waals surface area contributed by atoms with Crippen LogP contribution in [0.25, 0.3) is 0 Å². The van der Waals surface area contributed by atoms with Crippen LogP contribution in [0, 0.1) is 0 Å². The molecule has 0 aliphatic carbocycles. The van der Waals surface area contributed by atoms with Crippen LogP contribution in [0.2, 0.25) is 0 Å². The average molecular weight is 218 g/mol. The molecule has 16 heavy (non-hydrogen) atoms. The first-order valence-electron chi connectivity index (χ1n) is 5.47. The predicted octanol–water partition coefficient (Wildman–Crippen LogP) is 1.96. The minimum Gasteiger partial charge on any atom is -0.376 e. The van der Waals surface area contributed by atoms with Gasteiger partial charge in [0.25, 0.3) is 0 Å². The first-order valence-corrected chi connectivity index (χ1v) is 5.47. The van der Waals surface area contributed by atoms with Gasteiger partial charge in [-0.05, 0) is 18.1 Å². The Morgan fingerprint density at radius 2 is 2.19 bits per heavy atom. The number of amides is 1. The molecule has 0 bridgehead atoms. The van der Waals surface area contributed by atoms with Gasteiger partial charge < -0.3 is 10.6 Å². The number of para-hydroxylation sites is 1. The maximum atomic E-state index is 11.4. The number of benzene rings is 1. The molecule has 2 N–H and O–H groups in total. The molecule has 0 spiro atoms. The van der Waals surface area contributed by atoms with Gasteiger partial charge in [0.05, 0.1) is 6.54 Å². The summed E-state index contributed by atoms with van der Waals surface area (Å²) in [4.78, 5) is 11.4. The zero-order valence-corrected chi connectivity index (χ0v) is 9.62. The van der Waals surface area contributed by atoms with Crippen LogP contribution in [0.5, 0.6) is 0 Å². The van der Waals surface area contributed by atoms with E-state index in [0.717, 1.165) is 12.1 Å². The van der Waals surface area contributed by atoms with Crippen molar-refractivity contribution in [2.75, 3.05) is 18.4 Å². The van der Waals surface area contributed by atoms with Crippen LogP contribution >= 0.6 is 0 Å². The van der Waals surface area contributed by atoms with Crippen LogP contribution in [0.3, 0.4) is 0 Å². The van der Waals surface area contributed by atoms with E-state index in [0.29, 0.717) is 13.1 Å². The largest absolute Gasteiger partial charge is 0.376 e. The van der Waals surface area contributed by atoms with Gasteiger partial charge in [-0.1, -0.05) is 31.2 Å². The summed E-state index contributed by atoms with van der Waals surface area (Å²) in [5.41, 5.74) is 2.25. The molecule has 0 aliphatic rings. The van der Waals surface area contributed by atoms with Gasteiger partial charge in [-0.25, -0.2) is 0 Å². The fraction of sp³-hybridized carbons (Fsp3) is 0.308. The zero-order valence-electron chi connectivity index (χ0n) is 9.62. The van der Waals surface area contributed by atoms with E-state index < -0.39 is 0 Å². The summed E-state index contributed by atoms with van der Waals surface area (Å²) < 4.78 is 0. The number of hydrogen-bond donors (Lipinski definition) is 2. The molecule has 1 rings (SSSR count). The normalized spacial score (nSPS) is 9.56. The Balaban J connectivity index is 2.47. The van der Waals surface area contributed by atoms with Crippen LogP contribution in [-0.2, 0) is 11.2 Å². The summed E-state index contributed by atoms with van der Waals surface area (Å²) in [6, 6.07) is 8.01. The molecule has 3 heteroatoms. The molecule has 86 valence electrons. The molecule has 1 amide bonds. The molecule has 0 heterocycles. The number of carbonyl (C=O) groups excluding carboxylic acids is 1.